The van der Waals surface area contributed by atoms with Crippen molar-refractivity contribution in [3.8, 4) is 5.75 Å². The average molecular weight is 442 g/mol. The highest BCUT2D eigenvalue weighted by Gasteiger charge is 2.42. The lowest BCUT2D eigenvalue weighted by molar-refractivity contribution is 0.0593. The Kier molecular flexibility index (Phi) is 6.03. The van der Waals surface area contributed by atoms with Crippen LogP contribution in [0.3, 0.4) is 0 Å². The van der Waals surface area contributed by atoms with E-state index >= 15 is 0 Å². The Balaban J connectivity index is 1.83. The van der Waals surface area contributed by atoms with Gasteiger partial charge in [0.15, 0.2) is 5.43 Å². The number of nitrogens with zero attached hydrogens (tertiary/aromatic N) is 1. The van der Waals surface area contributed by atoms with E-state index in [1.165, 1.54) is 0 Å². The Hall–Kier alpha value is -2.83. The summed E-state index contributed by atoms with van der Waals surface area (Å²) >= 11 is 6.11. The number of hydrogen-bond donors (Lipinski definition) is 0. The first kappa shape index (κ1) is 21.4. The first-order valence-electron chi connectivity index (χ1n) is 10.2. The van der Waals surface area contributed by atoms with Gasteiger partial charge in [-0.3, -0.25) is 9.59 Å². The van der Waals surface area contributed by atoms with Crippen molar-refractivity contribution in [2.75, 3.05) is 20.3 Å². The molecule has 0 fully saturated rings. The van der Waals surface area contributed by atoms with Gasteiger partial charge >= 0.3 is 0 Å². The summed E-state index contributed by atoms with van der Waals surface area (Å²) in [6.07, 6.45) is 0.747. The van der Waals surface area contributed by atoms with Crippen LogP contribution in [0.1, 0.15) is 48.0 Å². The molecule has 6 nitrogen and oxygen atoms in total. The molecule has 0 aliphatic carbocycles. The molecule has 0 spiro atoms. The number of carbonyl (C=O) groups excluding carboxylic acids is 1. The topological polar surface area (TPSA) is 69.0 Å². The summed E-state index contributed by atoms with van der Waals surface area (Å²) in [7, 11) is 1.58. The fraction of sp³-hybridized carbons (Fsp3) is 0.333. The minimum absolute atomic E-state index is 0.0809. The third kappa shape index (κ3) is 4.05. The van der Waals surface area contributed by atoms with Crippen molar-refractivity contribution < 1.29 is 18.7 Å². The van der Waals surface area contributed by atoms with Gasteiger partial charge in [0.2, 0.25) is 5.76 Å². The van der Waals surface area contributed by atoms with Crippen LogP contribution in [0, 0.1) is 0 Å². The Labute approximate surface area is 185 Å². The molecule has 1 aromatic heterocycles. The Morgan fingerprint density at radius 3 is 2.71 bits per heavy atom. The molecule has 1 amide bonds. The zero-order valence-corrected chi connectivity index (χ0v) is 18.4. The van der Waals surface area contributed by atoms with Gasteiger partial charge in [0.1, 0.15) is 11.3 Å². The van der Waals surface area contributed by atoms with E-state index in [0.29, 0.717) is 46.9 Å². The van der Waals surface area contributed by atoms with Crippen LogP contribution < -0.4 is 10.2 Å². The lowest BCUT2D eigenvalue weighted by Crippen LogP contribution is -2.31. The maximum Gasteiger partial charge on any atom is 0.290 e. The van der Waals surface area contributed by atoms with E-state index in [-0.39, 0.29) is 23.2 Å². The monoisotopic (exact) mass is 441 g/mol. The third-order valence-corrected chi connectivity index (χ3v) is 5.57. The summed E-state index contributed by atoms with van der Waals surface area (Å²) in [5.41, 5.74) is 1.21. The molecule has 31 heavy (non-hydrogen) atoms. The van der Waals surface area contributed by atoms with Gasteiger partial charge in [0.05, 0.1) is 30.2 Å². The molecule has 4 rings (SSSR count). The smallest absolute Gasteiger partial charge is 0.290 e. The van der Waals surface area contributed by atoms with Crippen LogP contribution in [0.2, 0.25) is 5.02 Å². The maximum absolute atomic E-state index is 13.5. The van der Waals surface area contributed by atoms with E-state index < -0.39 is 6.04 Å². The minimum Gasteiger partial charge on any atom is -0.497 e. The highest BCUT2D eigenvalue weighted by Crippen LogP contribution is 2.39. The fourth-order valence-electron chi connectivity index (χ4n) is 3.94. The third-order valence-electron chi connectivity index (χ3n) is 5.33. The van der Waals surface area contributed by atoms with Crippen molar-refractivity contribution in [2.45, 2.75) is 32.4 Å². The van der Waals surface area contributed by atoms with Gasteiger partial charge in [0.25, 0.3) is 5.91 Å². The van der Waals surface area contributed by atoms with E-state index in [1.54, 1.807) is 30.2 Å². The Bertz CT molecular complexity index is 1190. The van der Waals surface area contributed by atoms with Gasteiger partial charge in [-0.1, -0.05) is 23.7 Å². The van der Waals surface area contributed by atoms with Gasteiger partial charge in [-0.15, -0.1) is 0 Å². The number of carbonyl (C=O) groups is 1. The Morgan fingerprint density at radius 1 is 1.16 bits per heavy atom. The summed E-state index contributed by atoms with van der Waals surface area (Å²) in [6.45, 7) is 4.88. The SMILES string of the molecule is COc1cccc([C@@H]2c3c(oc4ccc(Cl)cc4c3=O)C(=O)N2CCCOC(C)C)c1. The molecule has 2 heterocycles. The predicted octanol–water partition coefficient (Wildman–Crippen LogP) is 4.82. The highest BCUT2D eigenvalue weighted by atomic mass is 35.5. The zero-order chi connectivity index (χ0) is 22.1. The number of benzene rings is 2. The summed E-state index contributed by atoms with van der Waals surface area (Å²) in [5, 5.41) is 0.793. The van der Waals surface area contributed by atoms with Crippen molar-refractivity contribution in [1.82, 2.24) is 4.90 Å². The fourth-order valence-corrected chi connectivity index (χ4v) is 4.11. The van der Waals surface area contributed by atoms with Crippen LogP contribution in [0.15, 0.2) is 51.7 Å². The van der Waals surface area contributed by atoms with Crippen LogP contribution in [-0.4, -0.2) is 37.2 Å². The van der Waals surface area contributed by atoms with Crippen molar-refractivity contribution in [3.05, 3.63) is 74.6 Å². The molecule has 0 saturated heterocycles. The molecule has 162 valence electrons. The van der Waals surface area contributed by atoms with E-state index in [9.17, 15) is 9.59 Å². The second-order valence-corrected chi connectivity index (χ2v) is 8.20. The molecular weight excluding hydrogens is 418 g/mol. The van der Waals surface area contributed by atoms with Crippen molar-refractivity contribution in [3.63, 3.8) is 0 Å². The summed E-state index contributed by atoms with van der Waals surface area (Å²) in [6, 6.07) is 11.7. The quantitative estimate of drug-likeness (QED) is 0.492. The van der Waals surface area contributed by atoms with E-state index in [1.807, 2.05) is 38.1 Å². The van der Waals surface area contributed by atoms with Crippen LogP contribution in [-0.2, 0) is 4.74 Å². The first-order valence-corrected chi connectivity index (χ1v) is 10.6. The first-order chi connectivity index (χ1) is 14.9. The van der Waals surface area contributed by atoms with Gasteiger partial charge in [-0.05, 0) is 56.2 Å². The molecule has 3 aromatic rings. The summed E-state index contributed by atoms with van der Waals surface area (Å²) in [4.78, 5) is 28.5. The van der Waals surface area contributed by atoms with Crippen LogP contribution in [0.25, 0.3) is 11.0 Å². The van der Waals surface area contributed by atoms with Gasteiger partial charge in [-0.25, -0.2) is 0 Å². The molecule has 7 heteroatoms. The number of methoxy groups -OCH3 is 1. The summed E-state index contributed by atoms with van der Waals surface area (Å²) < 4.78 is 16.9. The van der Waals surface area contributed by atoms with Crippen molar-refractivity contribution >= 4 is 28.5 Å². The second-order valence-electron chi connectivity index (χ2n) is 7.77. The highest BCUT2D eigenvalue weighted by molar-refractivity contribution is 6.31. The molecule has 0 unspecified atom stereocenters. The molecule has 0 saturated carbocycles. The molecule has 0 bridgehead atoms. The van der Waals surface area contributed by atoms with Gasteiger partial charge in [-0.2, -0.15) is 0 Å². The molecule has 0 N–H and O–H groups in total. The second kappa shape index (κ2) is 8.73. The number of fused-ring (bicyclic) bond motifs is 2. The van der Waals surface area contributed by atoms with Crippen LogP contribution >= 0.6 is 11.6 Å². The Morgan fingerprint density at radius 2 is 1.97 bits per heavy atom. The van der Waals surface area contributed by atoms with E-state index in [0.717, 1.165) is 5.56 Å². The maximum atomic E-state index is 13.5. The molecule has 0 radical (unpaired) electrons. The van der Waals surface area contributed by atoms with E-state index in [4.69, 9.17) is 25.5 Å². The van der Waals surface area contributed by atoms with Crippen LogP contribution in [0.5, 0.6) is 5.75 Å². The standard InChI is InChI=1S/C24H24ClNO5/c1-14(2)30-11-5-10-26-21(15-6-4-7-17(12-15)29-3)20-22(27)18-13-16(25)8-9-19(18)31-23(20)24(26)28/h4,6-9,12-14,21H,5,10-11H2,1-3H3/t21-/m1/s1. The van der Waals surface area contributed by atoms with Crippen molar-refractivity contribution in [2.24, 2.45) is 0 Å². The number of amides is 1. The molecule has 1 aliphatic rings. The van der Waals surface area contributed by atoms with E-state index in [2.05, 4.69) is 0 Å². The lowest BCUT2D eigenvalue weighted by Gasteiger charge is -2.25. The van der Waals surface area contributed by atoms with Crippen LogP contribution in [0.4, 0.5) is 0 Å². The normalized spacial score (nSPS) is 15.7. The largest absolute Gasteiger partial charge is 0.497 e. The number of halogens is 1. The number of hydrogen-bond acceptors (Lipinski definition) is 5. The molecule has 1 aliphatic heterocycles. The van der Waals surface area contributed by atoms with Crippen molar-refractivity contribution in [1.29, 1.82) is 0 Å². The average Bonchev–Trinajstić information content (AvgIpc) is 3.04. The summed E-state index contributed by atoms with van der Waals surface area (Å²) in [5.74, 6) is 0.424. The minimum atomic E-state index is -0.573. The molecule has 1 atom stereocenters. The molecule has 2 aromatic carbocycles. The molecular formula is C24H24ClNO5. The van der Waals surface area contributed by atoms with Gasteiger partial charge < -0.3 is 18.8 Å². The predicted molar refractivity (Wildman–Crippen MR) is 119 cm³/mol. The number of ether oxygens (including phenoxy) is 2. The number of rotatable bonds is 7. The van der Waals surface area contributed by atoms with Gasteiger partial charge in [0, 0.05) is 18.2 Å². The zero-order valence-electron chi connectivity index (χ0n) is 17.7. The lowest BCUT2D eigenvalue weighted by atomic mass is 9.98.